The van der Waals surface area contributed by atoms with Crippen LogP contribution in [0.5, 0.6) is 0 Å². The third kappa shape index (κ3) is 4.29. The summed E-state index contributed by atoms with van der Waals surface area (Å²) in [6, 6.07) is 13.4. The SMILES string of the molecule is COC[C@@H](C)NC(=O)c1c2n(c(C)cc1=O)-c1ccccc1S[C@H](c1cccnc1)C2. The average molecular weight is 436 g/mol. The van der Waals surface area contributed by atoms with E-state index in [1.807, 2.05) is 50.4 Å². The Morgan fingerprint density at radius 2 is 2.13 bits per heavy atom. The summed E-state index contributed by atoms with van der Waals surface area (Å²) in [5, 5.41) is 2.93. The fourth-order valence-corrected chi connectivity index (χ4v) is 5.28. The number of para-hydroxylation sites is 1. The predicted octanol–water partition coefficient (Wildman–Crippen LogP) is 3.70. The molecule has 0 bridgehead atoms. The van der Waals surface area contributed by atoms with Gasteiger partial charge in [-0.15, -0.1) is 11.8 Å². The van der Waals surface area contributed by atoms with Crippen molar-refractivity contribution >= 4 is 17.7 Å². The summed E-state index contributed by atoms with van der Waals surface area (Å²) in [5.41, 5.74) is 3.49. The molecule has 0 aliphatic carbocycles. The Labute approximate surface area is 185 Å². The summed E-state index contributed by atoms with van der Waals surface area (Å²) < 4.78 is 7.19. The molecular weight excluding hydrogens is 410 g/mol. The predicted molar refractivity (Wildman–Crippen MR) is 122 cm³/mol. The minimum Gasteiger partial charge on any atom is -0.383 e. The first-order valence-electron chi connectivity index (χ1n) is 10.2. The smallest absolute Gasteiger partial charge is 0.257 e. The Kier molecular flexibility index (Phi) is 6.25. The molecule has 0 saturated carbocycles. The third-order valence-electron chi connectivity index (χ3n) is 5.33. The topological polar surface area (TPSA) is 73.2 Å². The van der Waals surface area contributed by atoms with Crippen LogP contribution in [-0.2, 0) is 11.2 Å². The summed E-state index contributed by atoms with van der Waals surface area (Å²) in [4.78, 5) is 31.6. The molecule has 0 radical (unpaired) electrons. The second kappa shape index (κ2) is 9.08. The molecule has 6 nitrogen and oxygen atoms in total. The number of rotatable bonds is 5. The number of aromatic nitrogens is 2. The molecule has 0 spiro atoms. The lowest BCUT2D eigenvalue weighted by Gasteiger charge is -2.21. The molecule has 3 heterocycles. The van der Waals surface area contributed by atoms with Crippen LogP contribution in [0.2, 0.25) is 0 Å². The van der Waals surface area contributed by atoms with Crippen molar-refractivity contribution in [3.8, 4) is 5.69 Å². The summed E-state index contributed by atoms with van der Waals surface area (Å²) in [6.45, 7) is 4.14. The number of hydrogen-bond donors (Lipinski definition) is 1. The molecule has 0 fully saturated rings. The van der Waals surface area contributed by atoms with E-state index >= 15 is 0 Å². The molecule has 1 aromatic carbocycles. The number of benzene rings is 1. The van der Waals surface area contributed by atoms with Gasteiger partial charge in [0.15, 0.2) is 5.43 Å². The summed E-state index contributed by atoms with van der Waals surface area (Å²) in [7, 11) is 1.59. The van der Waals surface area contributed by atoms with Gasteiger partial charge in [-0.2, -0.15) is 0 Å². The number of amides is 1. The number of thioether (sulfide) groups is 1. The Morgan fingerprint density at radius 1 is 1.32 bits per heavy atom. The van der Waals surface area contributed by atoms with Gasteiger partial charge in [-0.05, 0) is 37.6 Å². The number of nitrogens with one attached hydrogen (secondary N) is 1. The van der Waals surface area contributed by atoms with Crippen molar-refractivity contribution in [2.24, 2.45) is 0 Å². The molecule has 4 rings (SSSR count). The second-order valence-electron chi connectivity index (χ2n) is 7.70. The van der Waals surface area contributed by atoms with Crippen LogP contribution in [0, 0.1) is 6.92 Å². The molecule has 7 heteroatoms. The van der Waals surface area contributed by atoms with Crippen molar-refractivity contribution in [1.29, 1.82) is 0 Å². The molecule has 1 aliphatic heterocycles. The Bertz CT molecular complexity index is 1160. The number of fused-ring (bicyclic) bond motifs is 3. The third-order valence-corrected chi connectivity index (χ3v) is 6.65. The van der Waals surface area contributed by atoms with Gasteiger partial charge in [-0.1, -0.05) is 18.2 Å². The van der Waals surface area contributed by atoms with E-state index in [-0.39, 0.29) is 28.2 Å². The Balaban J connectivity index is 1.91. The van der Waals surface area contributed by atoms with Crippen LogP contribution >= 0.6 is 11.8 Å². The zero-order chi connectivity index (χ0) is 22.0. The summed E-state index contributed by atoms with van der Waals surface area (Å²) in [5.74, 6) is -0.368. The number of pyridine rings is 2. The zero-order valence-electron chi connectivity index (χ0n) is 17.8. The average Bonchev–Trinajstić information content (AvgIpc) is 2.91. The van der Waals surface area contributed by atoms with Crippen molar-refractivity contribution in [1.82, 2.24) is 14.9 Å². The van der Waals surface area contributed by atoms with Gasteiger partial charge >= 0.3 is 0 Å². The fraction of sp³-hybridized carbons (Fsp3) is 0.292. The van der Waals surface area contributed by atoms with Gasteiger partial charge in [0.1, 0.15) is 5.56 Å². The van der Waals surface area contributed by atoms with Crippen molar-refractivity contribution in [2.45, 2.75) is 36.5 Å². The lowest BCUT2D eigenvalue weighted by Crippen LogP contribution is -2.39. The van der Waals surface area contributed by atoms with Crippen LogP contribution in [-0.4, -0.2) is 35.2 Å². The molecule has 3 aromatic rings. The molecular formula is C24H25N3O3S. The molecule has 2 atom stereocenters. The minimum atomic E-state index is -0.368. The van der Waals surface area contributed by atoms with E-state index in [2.05, 4.69) is 20.9 Å². The number of ether oxygens (including phenoxy) is 1. The van der Waals surface area contributed by atoms with Crippen molar-refractivity contribution in [3.05, 3.63) is 87.6 Å². The highest BCUT2D eigenvalue weighted by atomic mass is 32.2. The molecule has 0 unspecified atom stereocenters. The normalized spacial score (nSPS) is 16.0. The highest BCUT2D eigenvalue weighted by molar-refractivity contribution is 7.99. The van der Waals surface area contributed by atoms with Gasteiger partial charge in [0.25, 0.3) is 5.91 Å². The van der Waals surface area contributed by atoms with Crippen LogP contribution < -0.4 is 10.7 Å². The largest absolute Gasteiger partial charge is 0.383 e. The van der Waals surface area contributed by atoms with Gasteiger partial charge in [0.05, 0.1) is 12.3 Å². The summed E-state index contributed by atoms with van der Waals surface area (Å²) >= 11 is 1.73. The van der Waals surface area contributed by atoms with Gasteiger partial charge in [0.2, 0.25) is 0 Å². The monoisotopic (exact) mass is 435 g/mol. The van der Waals surface area contributed by atoms with E-state index in [0.717, 1.165) is 27.5 Å². The second-order valence-corrected chi connectivity index (χ2v) is 8.95. The van der Waals surface area contributed by atoms with Crippen molar-refractivity contribution in [2.75, 3.05) is 13.7 Å². The summed E-state index contributed by atoms with van der Waals surface area (Å²) in [6.07, 6.45) is 4.13. The number of nitrogens with zero attached hydrogens (tertiary/aromatic N) is 2. The zero-order valence-corrected chi connectivity index (χ0v) is 18.6. The maximum atomic E-state index is 13.2. The quantitative estimate of drug-likeness (QED) is 0.662. The van der Waals surface area contributed by atoms with E-state index in [1.54, 1.807) is 31.1 Å². The van der Waals surface area contributed by atoms with Crippen LogP contribution in [0.15, 0.2) is 64.5 Å². The van der Waals surface area contributed by atoms with Crippen LogP contribution in [0.1, 0.15) is 39.5 Å². The van der Waals surface area contributed by atoms with Gasteiger partial charge in [0, 0.05) is 59.6 Å². The number of carbonyl (C=O) groups excluding carboxylic acids is 1. The number of methoxy groups -OCH3 is 1. The van der Waals surface area contributed by atoms with Gasteiger partial charge < -0.3 is 14.6 Å². The maximum absolute atomic E-state index is 13.2. The highest BCUT2D eigenvalue weighted by Gasteiger charge is 2.29. The van der Waals surface area contributed by atoms with E-state index in [1.165, 1.54) is 0 Å². The number of carbonyl (C=O) groups is 1. The highest BCUT2D eigenvalue weighted by Crippen LogP contribution is 2.44. The van der Waals surface area contributed by atoms with Gasteiger partial charge in [-0.25, -0.2) is 0 Å². The van der Waals surface area contributed by atoms with Crippen LogP contribution in [0.4, 0.5) is 0 Å². The Hall–Kier alpha value is -2.90. The number of hydrogen-bond acceptors (Lipinski definition) is 5. The number of aryl methyl sites for hydroxylation is 1. The molecule has 160 valence electrons. The van der Waals surface area contributed by atoms with Crippen molar-refractivity contribution in [3.63, 3.8) is 0 Å². The molecule has 2 aromatic heterocycles. The van der Waals surface area contributed by atoms with E-state index in [4.69, 9.17) is 4.74 Å². The van der Waals surface area contributed by atoms with E-state index in [0.29, 0.717) is 13.0 Å². The van der Waals surface area contributed by atoms with Gasteiger partial charge in [-0.3, -0.25) is 14.6 Å². The van der Waals surface area contributed by atoms with Crippen molar-refractivity contribution < 1.29 is 9.53 Å². The molecule has 31 heavy (non-hydrogen) atoms. The lowest BCUT2D eigenvalue weighted by atomic mass is 10.0. The first-order valence-corrected chi connectivity index (χ1v) is 11.1. The Morgan fingerprint density at radius 3 is 2.87 bits per heavy atom. The van der Waals surface area contributed by atoms with Crippen LogP contribution in [0.3, 0.4) is 0 Å². The van der Waals surface area contributed by atoms with E-state index < -0.39 is 0 Å². The molecule has 1 aliphatic rings. The maximum Gasteiger partial charge on any atom is 0.257 e. The first kappa shape index (κ1) is 21.3. The van der Waals surface area contributed by atoms with E-state index in [9.17, 15) is 9.59 Å². The molecule has 1 N–H and O–H groups in total. The molecule has 0 saturated heterocycles. The fourth-order valence-electron chi connectivity index (χ4n) is 4.02. The minimum absolute atomic E-state index is 0.0211. The lowest BCUT2D eigenvalue weighted by molar-refractivity contribution is 0.0902. The molecule has 1 amide bonds. The van der Waals surface area contributed by atoms with Crippen LogP contribution in [0.25, 0.3) is 5.69 Å². The standard InChI is InChI=1S/C24H25N3O3S/c1-15(14-30-3)26-24(29)23-19-12-22(17-7-6-10-25-13-17)31-21-9-5-4-8-18(21)27(19)16(2)11-20(23)28/h4-11,13,15,22H,12,14H2,1-3H3,(H,26,29)/t15-,22+/m1/s1. The first-order chi connectivity index (χ1) is 15.0.